The Bertz CT molecular complexity index is 646. The van der Waals surface area contributed by atoms with Gasteiger partial charge in [0.2, 0.25) is 0 Å². The van der Waals surface area contributed by atoms with Crippen molar-refractivity contribution in [3.05, 3.63) is 42.0 Å². The van der Waals surface area contributed by atoms with Crippen LogP contribution in [0.2, 0.25) is 0 Å². The van der Waals surface area contributed by atoms with E-state index in [1.807, 2.05) is 24.3 Å². The van der Waals surface area contributed by atoms with E-state index in [0.29, 0.717) is 5.56 Å². The summed E-state index contributed by atoms with van der Waals surface area (Å²) in [6.45, 7) is -0.0312. The van der Waals surface area contributed by atoms with Gasteiger partial charge in [0, 0.05) is 12.7 Å². The van der Waals surface area contributed by atoms with Gasteiger partial charge in [-0.25, -0.2) is 0 Å². The summed E-state index contributed by atoms with van der Waals surface area (Å²) in [7, 11) is 3.05. The van der Waals surface area contributed by atoms with Gasteiger partial charge in [-0.15, -0.1) is 0 Å². The zero-order valence-corrected chi connectivity index (χ0v) is 11.5. The van der Waals surface area contributed by atoms with Crippen molar-refractivity contribution in [2.24, 2.45) is 0 Å². The molecule has 2 aromatic carbocycles. The zero-order chi connectivity index (χ0) is 14.5. The van der Waals surface area contributed by atoms with Gasteiger partial charge in [-0.1, -0.05) is 18.2 Å². The molecule has 0 bridgehead atoms. The molecular formula is C16H16O4. The van der Waals surface area contributed by atoms with Crippen LogP contribution in [-0.4, -0.2) is 32.4 Å². The average Bonchev–Trinajstić information content (AvgIpc) is 2.46. The third-order valence-electron chi connectivity index (χ3n) is 3.03. The number of hydrogen-bond acceptors (Lipinski definition) is 4. The second-order valence-corrected chi connectivity index (χ2v) is 4.50. The maximum Gasteiger partial charge on any atom is 0.170 e. The maximum atomic E-state index is 12.0. The van der Waals surface area contributed by atoms with Gasteiger partial charge in [0.1, 0.15) is 12.4 Å². The number of ketones is 2. The molecule has 104 valence electrons. The molecular weight excluding hydrogens is 256 g/mol. The first-order chi connectivity index (χ1) is 9.63. The zero-order valence-electron chi connectivity index (χ0n) is 11.5. The number of benzene rings is 2. The highest BCUT2D eigenvalue weighted by Crippen LogP contribution is 2.22. The lowest BCUT2D eigenvalue weighted by Crippen LogP contribution is -2.12. The average molecular weight is 272 g/mol. The Morgan fingerprint density at radius 3 is 2.40 bits per heavy atom. The Hall–Kier alpha value is -2.20. The fraction of sp³-hybridized carbons (Fsp3) is 0.250. The molecule has 0 spiro atoms. The molecule has 4 heteroatoms. The van der Waals surface area contributed by atoms with Crippen LogP contribution in [0.15, 0.2) is 36.4 Å². The molecule has 0 unspecified atom stereocenters. The van der Waals surface area contributed by atoms with Gasteiger partial charge in [-0.2, -0.15) is 0 Å². The van der Waals surface area contributed by atoms with Crippen LogP contribution in [0, 0.1) is 0 Å². The normalized spacial score (nSPS) is 10.5. The van der Waals surface area contributed by atoms with Gasteiger partial charge in [0.05, 0.1) is 13.5 Å². The van der Waals surface area contributed by atoms with E-state index in [-0.39, 0.29) is 24.6 Å². The molecule has 0 heterocycles. The van der Waals surface area contributed by atoms with Crippen molar-refractivity contribution < 1.29 is 19.1 Å². The number of carbonyl (C=O) groups excluding carboxylic acids is 2. The van der Waals surface area contributed by atoms with Crippen LogP contribution in [0.1, 0.15) is 16.8 Å². The molecule has 4 nitrogen and oxygen atoms in total. The molecule has 0 saturated heterocycles. The van der Waals surface area contributed by atoms with Crippen LogP contribution < -0.4 is 4.74 Å². The summed E-state index contributed by atoms with van der Waals surface area (Å²) >= 11 is 0. The van der Waals surface area contributed by atoms with Gasteiger partial charge in [0.25, 0.3) is 0 Å². The number of rotatable bonds is 6. The van der Waals surface area contributed by atoms with E-state index in [0.717, 1.165) is 16.5 Å². The third-order valence-corrected chi connectivity index (χ3v) is 3.03. The molecule has 0 N–H and O–H groups in total. The number of Topliss-reactive ketones (excluding diaryl/α,β-unsaturated/α-hetero) is 2. The molecule has 0 aliphatic heterocycles. The lowest BCUT2D eigenvalue weighted by atomic mass is 10.0. The largest absolute Gasteiger partial charge is 0.497 e. The first-order valence-corrected chi connectivity index (χ1v) is 6.25. The topological polar surface area (TPSA) is 52.6 Å². The molecule has 0 aliphatic rings. The van der Waals surface area contributed by atoms with Crippen molar-refractivity contribution >= 4 is 22.3 Å². The van der Waals surface area contributed by atoms with Crippen LogP contribution in [0.4, 0.5) is 0 Å². The van der Waals surface area contributed by atoms with E-state index in [1.165, 1.54) is 7.11 Å². The molecule has 0 aromatic heterocycles. The van der Waals surface area contributed by atoms with E-state index in [4.69, 9.17) is 9.47 Å². The molecule has 2 aromatic rings. The first-order valence-electron chi connectivity index (χ1n) is 6.25. The van der Waals surface area contributed by atoms with Crippen LogP contribution >= 0.6 is 0 Å². The van der Waals surface area contributed by atoms with E-state index in [9.17, 15) is 9.59 Å². The van der Waals surface area contributed by atoms with Gasteiger partial charge in [0.15, 0.2) is 11.6 Å². The minimum Gasteiger partial charge on any atom is -0.497 e. The highest BCUT2D eigenvalue weighted by molar-refractivity contribution is 6.09. The summed E-state index contributed by atoms with van der Waals surface area (Å²) in [4.78, 5) is 23.4. The number of hydrogen-bond donors (Lipinski definition) is 0. The summed E-state index contributed by atoms with van der Waals surface area (Å²) in [5.41, 5.74) is 0.534. The SMILES string of the molecule is COCC(=O)CC(=O)c1ccc2cc(OC)ccc2c1. The summed E-state index contributed by atoms with van der Waals surface area (Å²) < 4.78 is 9.87. The lowest BCUT2D eigenvalue weighted by molar-refractivity contribution is -0.121. The van der Waals surface area contributed by atoms with Gasteiger partial charge >= 0.3 is 0 Å². The fourth-order valence-corrected chi connectivity index (χ4v) is 2.02. The maximum absolute atomic E-state index is 12.0. The number of methoxy groups -OCH3 is 2. The standard InChI is InChI=1S/C16H16O4/c1-19-10-14(17)9-16(18)13-4-3-12-8-15(20-2)6-5-11(12)7-13/h3-8H,9-10H2,1-2H3. The van der Waals surface area contributed by atoms with E-state index >= 15 is 0 Å². The molecule has 0 saturated carbocycles. The first kappa shape index (κ1) is 14.2. The van der Waals surface area contributed by atoms with Crippen molar-refractivity contribution in [1.29, 1.82) is 0 Å². The van der Waals surface area contributed by atoms with Crippen molar-refractivity contribution in [2.45, 2.75) is 6.42 Å². The van der Waals surface area contributed by atoms with Gasteiger partial charge < -0.3 is 9.47 Å². The Morgan fingerprint density at radius 1 is 1.00 bits per heavy atom. The molecule has 0 amide bonds. The van der Waals surface area contributed by atoms with Crippen LogP contribution in [0.25, 0.3) is 10.8 Å². The minimum atomic E-state index is -0.215. The van der Waals surface area contributed by atoms with Gasteiger partial charge in [-0.3, -0.25) is 9.59 Å². The highest BCUT2D eigenvalue weighted by atomic mass is 16.5. The van der Waals surface area contributed by atoms with Gasteiger partial charge in [-0.05, 0) is 29.0 Å². The Kier molecular flexibility index (Phi) is 4.48. The molecule has 0 atom stereocenters. The van der Waals surface area contributed by atoms with Crippen molar-refractivity contribution in [2.75, 3.05) is 20.8 Å². The molecule has 0 radical (unpaired) electrons. The summed E-state index contributed by atoms with van der Waals surface area (Å²) in [6, 6.07) is 11.0. The van der Waals surface area contributed by atoms with E-state index in [2.05, 4.69) is 0 Å². The molecule has 0 fully saturated rings. The second-order valence-electron chi connectivity index (χ2n) is 4.50. The van der Waals surface area contributed by atoms with E-state index in [1.54, 1.807) is 19.2 Å². The second kappa shape index (κ2) is 6.30. The third kappa shape index (κ3) is 3.22. The summed E-state index contributed by atoms with van der Waals surface area (Å²) in [6.07, 6.45) is -0.129. The lowest BCUT2D eigenvalue weighted by Gasteiger charge is -2.05. The van der Waals surface area contributed by atoms with Crippen molar-refractivity contribution in [3.63, 3.8) is 0 Å². The monoisotopic (exact) mass is 272 g/mol. The van der Waals surface area contributed by atoms with Crippen LogP contribution in [-0.2, 0) is 9.53 Å². The molecule has 20 heavy (non-hydrogen) atoms. The smallest absolute Gasteiger partial charge is 0.170 e. The molecule has 0 aliphatic carbocycles. The Labute approximate surface area is 117 Å². The van der Waals surface area contributed by atoms with Crippen LogP contribution in [0.5, 0.6) is 5.75 Å². The predicted octanol–water partition coefficient (Wildman–Crippen LogP) is 2.64. The van der Waals surface area contributed by atoms with Crippen LogP contribution in [0.3, 0.4) is 0 Å². The number of fused-ring (bicyclic) bond motifs is 1. The van der Waals surface area contributed by atoms with E-state index < -0.39 is 0 Å². The Balaban J connectivity index is 2.23. The summed E-state index contributed by atoms with van der Waals surface area (Å²) in [5, 5.41) is 1.93. The van der Waals surface area contributed by atoms with Crippen molar-refractivity contribution in [1.82, 2.24) is 0 Å². The fourth-order valence-electron chi connectivity index (χ4n) is 2.02. The van der Waals surface area contributed by atoms with Crippen molar-refractivity contribution in [3.8, 4) is 5.75 Å². The minimum absolute atomic E-state index is 0.0312. The molecule has 2 rings (SSSR count). The number of ether oxygens (including phenoxy) is 2. The number of carbonyl (C=O) groups is 2. The predicted molar refractivity (Wildman–Crippen MR) is 76.3 cm³/mol. The summed E-state index contributed by atoms with van der Waals surface area (Å²) in [5.74, 6) is 0.365. The quantitative estimate of drug-likeness (QED) is 0.599. The Morgan fingerprint density at radius 2 is 1.70 bits per heavy atom. The highest BCUT2D eigenvalue weighted by Gasteiger charge is 2.12.